The van der Waals surface area contributed by atoms with Crippen molar-refractivity contribution in [1.82, 2.24) is 5.32 Å². The molecule has 0 aliphatic rings. The molecule has 7 heteroatoms. The fourth-order valence-corrected chi connectivity index (χ4v) is 1.71. The van der Waals surface area contributed by atoms with Gasteiger partial charge < -0.3 is 14.8 Å². The zero-order valence-electron chi connectivity index (χ0n) is 10.7. The fourth-order valence-electron chi connectivity index (χ4n) is 1.71. The second-order valence-electron chi connectivity index (χ2n) is 4.36. The Hall–Kier alpha value is -2.28. The molecule has 1 atom stereocenters. The number of benzene rings is 1. The molecule has 0 saturated carbocycles. The quantitative estimate of drug-likeness (QED) is 0.912. The first-order valence-corrected chi connectivity index (χ1v) is 6.03. The van der Waals surface area contributed by atoms with Crippen LogP contribution in [0, 0.1) is 0 Å². The van der Waals surface area contributed by atoms with Crippen molar-refractivity contribution in [1.29, 1.82) is 0 Å². The summed E-state index contributed by atoms with van der Waals surface area (Å²) in [5, 5.41) is 12.1. The predicted octanol–water partition coefficient (Wildman–Crippen LogP) is 2.76. The van der Waals surface area contributed by atoms with E-state index in [0.29, 0.717) is 5.56 Å². The van der Waals surface area contributed by atoms with E-state index in [1.54, 1.807) is 0 Å². The van der Waals surface area contributed by atoms with Gasteiger partial charge in [-0.3, -0.25) is 4.79 Å². The summed E-state index contributed by atoms with van der Waals surface area (Å²) in [6.45, 7) is -0.130. The Morgan fingerprint density at radius 1 is 1.33 bits per heavy atom. The van der Waals surface area contributed by atoms with Crippen molar-refractivity contribution in [2.75, 3.05) is 6.54 Å². The van der Waals surface area contributed by atoms with Crippen molar-refractivity contribution < 1.29 is 27.5 Å². The second kappa shape index (κ2) is 6.01. The molecule has 0 bridgehead atoms. The summed E-state index contributed by atoms with van der Waals surface area (Å²) in [5.74, 6) is -0.691. The van der Waals surface area contributed by atoms with E-state index in [1.165, 1.54) is 24.7 Å². The Bertz CT molecular complexity index is 608. The topological polar surface area (TPSA) is 62.5 Å². The van der Waals surface area contributed by atoms with Crippen molar-refractivity contribution in [3.05, 3.63) is 59.5 Å². The lowest BCUT2D eigenvalue weighted by Gasteiger charge is -2.11. The number of furan rings is 1. The minimum atomic E-state index is -4.51. The minimum absolute atomic E-state index is 0.121. The highest BCUT2D eigenvalue weighted by Gasteiger charge is 2.30. The van der Waals surface area contributed by atoms with Gasteiger partial charge in [0.25, 0.3) is 5.91 Å². The summed E-state index contributed by atoms with van der Waals surface area (Å²) in [5.41, 5.74) is -0.547. The second-order valence-corrected chi connectivity index (χ2v) is 4.36. The van der Waals surface area contributed by atoms with E-state index in [-0.39, 0.29) is 12.1 Å². The lowest BCUT2D eigenvalue weighted by molar-refractivity contribution is -0.137. The third kappa shape index (κ3) is 3.85. The van der Waals surface area contributed by atoms with E-state index in [0.717, 1.165) is 18.2 Å². The smallest absolute Gasteiger partial charge is 0.416 e. The summed E-state index contributed by atoms with van der Waals surface area (Å²) in [6.07, 6.45) is -2.81. The molecule has 2 rings (SSSR count). The zero-order valence-corrected chi connectivity index (χ0v) is 10.7. The van der Waals surface area contributed by atoms with Crippen LogP contribution in [0.1, 0.15) is 27.6 Å². The first-order valence-electron chi connectivity index (χ1n) is 6.03. The molecular weight excluding hydrogens is 287 g/mol. The van der Waals surface area contributed by atoms with Crippen molar-refractivity contribution >= 4 is 5.91 Å². The summed E-state index contributed by atoms with van der Waals surface area (Å²) in [4.78, 5) is 11.8. The molecule has 0 aliphatic heterocycles. The molecule has 4 nitrogen and oxygen atoms in total. The number of hydrogen-bond donors (Lipinski definition) is 2. The van der Waals surface area contributed by atoms with Gasteiger partial charge in [0.2, 0.25) is 0 Å². The number of nitrogens with one attached hydrogen (secondary N) is 1. The number of hydrogen-bond acceptors (Lipinski definition) is 3. The molecule has 0 radical (unpaired) electrons. The molecule has 0 spiro atoms. The van der Waals surface area contributed by atoms with Gasteiger partial charge in [-0.2, -0.15) is 13.2 Å². The van der Waals surface area contributed by atoms with Crippen molar-refractivity contribution in [2.24, 2.45) is 0 Å². The van der Waals surface area contributed by atoms with Gasteiger partial charge in [0.15, 0.2) is 0 Å². The third-order valence-corrected chi connectivity index (χ3v) is 2.84. The summed E-state index contributed by atoms with van der Waals surface area (Å²) in [6, 6.07) is 5.61. The monoisotopic (exact) mass is 299 g/mol. The third-order valence-electron chi connectivity index (χ3n) is 2.84. The van der Waals surface area contributed by atoms with Crippen LogP contribution < -0.4 is 5.32 Å². The lowest BCUT2D eigenvalue weighted by Crippen LogP contribution is -2.28. The fraction of sp³-hybridized carbons (Fsp3) is 0.214. The standard InChI is InChI=1S/C14H12F3NO3/c15-14(16,17)11-3-1-2-9(6-11)13(20)18-7-12(19)10-4-5-21-8-10/h1-6,8,12,19H,7H2,(H,18,20)/t12-/m0/s1. The molecule has 0 aliphatic carbocycles. The minimum Gasteiger partial charge on any atom is -0.472 e. The van der Waals surface area contributed by atoms with Gasteiger partial charge in [-0.05, 0) is 24.3 Å². The molecule has 21 heavy (non-hydrogen) atoms. The van der Waals surface area contributed by atoms with Crippen LogP contribution in [-0.2, 0) is 6.18 Å². The molecule has 0 fully saturated rings. The van der Waals surface area contributed by atoms with Gasteiger partial charge in [-0.25, -0.2) is 0 Å². The highest BCUT2D eigenvalue weighted by Crippen LogP contribution is 2.29. The van der Waals surface area contributed by atoms with Gasteiger partial charge in [-0.1, -0.05) is 6.07 Å². The summed E-state index contributed by atoms with van der Waals surface area (Å²) in [7, 11) is 0. The van der Waals surface area contributed by atoms with Gasteiger partial charge in [0, 0.05) is 17.7 Å². The number of carbonyl (C=O) groups excluding carboxylic acids is 1. The van der Waals surface area contributed by atoms with E-state index in [9.17, 15) is 23.1 Å². The normalized spacial score (nSPS) is 13.0. The van der Waals surface area contributed by atoms with Crippen LogP contribution in [0.2, 0.25) is 0 Å². The van der Waals surface area contributed by atoms with E-state index in [4.69, 9.17) is 4.42 Å². The van der Waals surface area contributed by atoms with E-state index >= 15 is 0 Å². The van der Waals surface area contributed by atoms with Crippen LogP contribution in [0.15, 0.2) is 47.3 Å². The Morgan fingerprint density at radius 3 is 2.71 bits per heavy atom. The average Bonchev–Trinajstić information content (AvgIpc) is 2.98. The van der Waals surface area contributed by atoms with Crippen LogP contribution in [0.5, 0.6) is 0 Å². The number of alkyl halides is 3. The predicted molar refractivity (Wildman–Crippen MR) is 67.4 cm³/mol. The number of carbonyl (C=O) groups is 1. The van der Waals surface area contributed by atoms with Gasteiger partial charge in [0.05, 0.1) is 24.2 Å². The highest BCUT2D eigenvalue weighted by atomic mass is 19.4. The maximum atomic E-state index is 12.5. The number of amides is 1. The SMILES string of the molecule is O=C(NC[C@H](O)c1ccoc1)c1cccc(C(F)(F)F)c1. The first kappa shape index (κ1) is 15.1. The van der Waals surface area contributed by atoms with Gasteiger partial charge >= 0.3 is 6.18 Å². The van der Waals surface area contributed by atoms with Crippen LogP contribution in [0.3, 0.4) is 0 Å². The highest BCUT2D eigenvalue weighted by molar-refractivity contribution is 5.94. The molecule has 1 aromatic heterocycles. The largest absolute Gasteiger partial charge is 0.472 e. The maximum absolute atomic E-state index is 12.5. The molecule has 2 aromatic rings. The van der Waals surface area contributed by atoms with Crippen molar-refractivity contribution in [3.63, 3.8) is 0 Å². The van der Waals surface area contributed by atoms with E-state index < -0.39 is 23.8 Å². The number of halogens is 3. The lowest BCUT2D eigenvalue weighted by atomic mass is 10.1. The Labute approximate surface area is 118 Å². The number of aliphatic hydroxyl groups excluding tert-OH is 1. The van der Waals surface area contributed by atoms with Crippen LogP contribution in [0.4, 0.5) is 13.2 Å². The van der Waals surface area contributed by atoms with E-state index in [1.807, 2.05) is 0 Å². The van der Waals surface area contributed by atoms with Gasteiger partial charge in [0.1, 0.15) is 0 Å². The zero-order chi connectivity index (χ0) is 15.5. The summed E-state index contributed by atoms with van der Waals surface area (Å²) < 4.78 is 42.4. The molecule has 1 amide bonds. The molecule has 1 heterocycles. The van der Waals surface area contributed by atoms with Crippen molar-refractivity contribution in [3.8, 4) is 0 Å². The maximum Gasteiger partial charge on any atom is 0.416 e. The number of aliphatic hydroxyl groups is 1. The Kier molecular flexibility index (Phi) is 4.32. The Morgan fingerprint density at radius 2 is 2.10 bits per heavy atom. The van der Waals surface area contributed by atoms with E-state index in [2.05, 4.69) is 5.32 Å². The van der Waals surface area contributed by atoms with Crippen molar-refractivity contribution in [2.45, 2.75) is 12.3 Å². The van der Waals surface area contributed by atoms with Crippen LogP contribution in [-0.4, -0.2) is 17.6 Å². The van der Waals surface area contributed by atoms with Crippen LogP contribution in [0.25, 0.3) is 0 Å². The molecular formula is C14H12F3NO3. The Balaban J connectivity index is 2.01. The van der Waals surface area contributed by atoms with Crippen LogP contribution >= 0.6 is 0 Å². The molecule has 2 N–H and O–H groups in total. The summed E-state index contributed by atoms with van der Waals surface area (Å²) >= 11 is 0. The number of rotatable bonds is 4. The average molecular weight is 299 g/mol. The molecule has 1 aromatic carbocycles. The first-order chi connectivity index (χ1) is 9.88. The van der Waals surface area contributed by atoms with Gasteiger partial charge in [-0.15, -0.1) is 0 Å². The molecule has 0 saturated heterocycles. The molecule has 112 valence electrons. The molecule has 0 unspecified atom stereocenters.